The molecule has 1 aliphatic carbocycles. The van der Waals surface area contributed by atoms with E-state index in [0.717, 1.165) is 36.1 Å². The van der Waals surface area contributed by atoms with Crippen molar-refractivity contribution in [3.05, 3.63) is 51.9 Å². The van der Waals surface area contributed by atoms with Gasteiger partial charge in [-0.05, 0) is 32.3 Å². The Morgan fingerprint density at radius 1 is 1.04 bits per heavy atom. The van der Waals surface area contributed by atoms with Crippen molar-refractivity contribution in [3.8, 4) is 0 Å². The minimum Gasteiger partial charge on any atom is -0.317 e. The zero-order chi connectivity index (χ0) is 17.1. The van der Waals surface area contributed by atoms with Gasteiger partial charge in [-0.2, -0.15) is 0 Å². The largest absolute Gasteiger partial charge is 0.317 e. The van der Waals surface area contributed by atoms with E-state index < -0.39 is 0 Å². The summed E-state index contributed by atoms with van der Waals surface area (Å²) in [4.78, 5) is 26.6. The summed E-state index contributed by atoms with van der Waals surface area (Å²) in [5.74, 6) is 0.135. The zero-order valence-electron chi connectivity index (χ0n) is 14.2. The number of aryl methyl sites for hydroxylation is 1. The van der Waals surface area contributed by atoms with Crippen LogP contribution >= 0.6 is 11.3 Å². The molecule has 0 aliphatic heterocycles. The van der Waals surface area contributed by atoms with Crippen LogP contribution in [0.2, 0.25) is 0 Å². The number of thiophene rings is 1. The van der Waals surface area contributed by atoms with Gasteiger partial charge in [-0.1, -0.05) is 49.6 Å². The predicted octanol–water partition coefficient (Wildman–Crippen LogP) is 5.11. The van der Waals surface area contributed by atoms with Crippen molar-refractivity contribution in [1.29, 1.82) is 0 Å². The van der Waals surface area contributed by atoms with Crippen LogP contribution < -0.4 is 5.32 Å². The lowest BCUT2D eigenvalue weighted by Gasteiger charge is -2.20. The van der Waals surface area contributed by atoms with Crippen molar-refractivity contribution >= 4 is 28.0 Å². The molecule has 0 radical (unpaired) electrons. The molecule has 0 bridgehead atoms. The first-order chi connectivity index (χ1) is 11.6. The van der Waals surface area contributed by atoms with Crippen LogP contribution in [-0.2, 0) is 4.79 Å². The fraction of sp³-hybridized carbons (Fsp3) is 0.400. The van der Waals surface area contributed by atoms with E-state index in [4.69, 9.17) is 0 Å². The molecule has 4 heteroatoms. The van der Waals surface area contributed by atoms with Crippen LogP contribution in [0, 0.1) is 19.8 Å². The van der Waals surface area contributed by atoms with E-state index in [1.807, 2.05) is 44.2 Å². The lowest BCUT2D eigenvalue weighted by Crippen LogP contribution is -2.25. The molecule has 2 aromatic rings. The number of hydrogen-bond acceptors (Lipinski definition) is 3. The highest BCUT2D eigenvalue weighted by Gasteiger charge is 2.26. The second kappa shape index (κ2) is 7.31. The molecule has 3 rings (SSSR count). The van der Waals surface area contributed by atoms with E-state index in [9.17, 15) is 9.59 Å². The molecule has 0 atom stereocenters. The molecule has 0 saturated heterocycles. The van der Waals surface area contributed by atoms with Crippen molar-refractivity contribution in [2.75, 3.05) is 5.32 Å². The third kappa shape index (κ3) is 3.44. The number of anilines is 1. The van der Waals surface area contributed by atoms with Crippen molar-refractivity contribution < 1.29 is 9.59 Å². The minimum atomic E-state index is -0.0172. The first-order valence-electron chi connectivity index (χ1n) is 8.58. The molecule has 1 aliphatic rings. The van der Waals surface area contributed by atoms with Crippen LogP contribution in [0.5, 0.6) is 0 Å². The van der Waals surface area contributed by atoms with Crippen LogP contribution in [0.25, 0.3) is 0 Å². The van der Waals surface area contributed by atoms with Gasteiger partial charge in [0.2, 0.25) is 5.91 Å². The van der Waals surface area contributed by atoms with Crippen LogP contribution in [0.15, 0.2) is 30.3 Å². The van der Waals surface area contributed by atoms with Crippen molar-refractivity contribution in [1.82, 2.24) is 0 Å². The number of carbonyl (C=O) groups is 2. The summed E-state index contributed by atoms with van der Waals surface area (Å²) in [5, 5.41) is 3.75. The molecule has 1 aromatic heterocycles. The van der Waals surface area contributed by atoms with Crippen molar-refractivity contribution in [3.63, 3.8) is 0 Å². The number of benzene rings is 1. The normalized spacial score (nSPS) is 15.2. The molecule has 1 heterocycles. The Kier molecular flexibility index (Phi) is 5.14. The van der Waals surface area contributed by atoms with E-state index in [0.29, 0.717) is 16.1 Å². The Morgan fingerprint density at radius 3 is 2.38 bits per heavy atom. The summed E-state index contributed by atoms with van der Waals surface area (Å²) in [6, 6.07) is 9.27. The van der Waals surface area contributed by atoms with Gasteiger partial charge in [0.05, 0.1) is 5.56 Å². The average Bonchev–Trinajstić information content (AvgIpc) is 2.89. The molecule has 3 nitrogen and oxygen atoms in total. The van der Waals surface area contributed by atoms with E-state index in [-0.39, 0.29) is 17.6 Å². The monoisotopic (exact) mass is 341 g/mol. The van der Waals surface area contributed by atoms with Gasteiger partial charge in [0.15, 0.2) is 5.78 Å². The molecule has 0 unspecified atom stereocenters. The topological polar surface area (TPSA) is 46.2 Å². The van der Waals surface area contributed by atoms with E-state index >= 15 is 0 Å². The maximum atomic E-state index is 12.9. The quantitative estimate of drug-likeness (QED) is 0.785. The number of ketones is 1. The number of rotatable bonds is 4. The molecule has 1 amide bonds. The molecule has 1 saturated carbocycles. The molecule has 0 spiro atoms. The lowest BCUT2D eigenvalue weighted by atomic mass is 9.88. The van der Waals surface area contributed by atoms with Crippen LogP contribution in [0.1, 0.15) is 58.5 Å². The first kappa shape index (κ1) is 16.9. The Labute approximate surface area is 147 Å². The molecule has 1 aromatic carbocycles. The summed E-state index contributed by atoms with van der Waals surface area (Å²) in [6.45, 7) is 3.95. The third-order valence-electron chi connectivity index (χ3n) is 4.86. The minimum absolute atomic E-state index is 0.0172. The van der Waals surface area contributed by atoms with E-state index in [1.165, 1.54) is 17.8 Å². The van der Waals surface area contributed by atoms with Gasteiger partial charge < -0.3 is 5.32 Å². The lowest BCUT2D eigenvalue weighted by molar-refractivity contribution is -0.120. The van der Waals surface area contributed by atoms with Gasteiger partial charge in [-0.25, -0.2) is 0 Å². The molecular formula is C20H23NO2S. The number of nitrogens with one attached hydrogen (secondary N) is 1. The van der Waals surface area contributed by atoms with E-state index in [2.05, 4.69) is 5.32 Å². The predicted molar refractivity (Wildman–Crippen MR) is 98.9 cm³/mol. The standard InChI is InChI=1S/C20H23NO2S/c1-13-14(2)24-20(21-19(23)16-11-7-4-8-12-16)17(13)18(22)15-9-5-3-6-10-15/h3,5-6,9-10,16H,4,7-8,11-12H2,1-2H3,(H,21,23). The molecule has 1 N–H and O–H groups in total. The number of hydrogen-bond donors (Lipinski definition) is 1. The Balaban J connectivity index is 1.87. The van der Waals surface area contributed by atoms with Gasteiger partial charge in [0.25, 0.3) is 0 Å². The van der Waals surface area contributed by atoms with Gasteiger partial charge in [-0.15, -0.1) is 11.3 Å². The van der Waals surface area contributed by atoms with Crippen molar-refractivity contribution in [2.24, 2.45) is 5.92 Å². The molecule has 126 valence electrons. The zero-order valence-corrected chi connectivity index (χ0v) is 15.0. The van der Waals surface area contributed by atoms with Gasteiger partial charge in [0, 0.05) is 16.4 Å². The summed E-state index contributed by atoms with van der Waals surface area (Å²) < 4.78 is 0. The van der Waals surface area contributed by atoms with Gasteiger partial charge in [-0.3, -0.25) is 9.59 Å². The summed E-state index contributed by atoms with van der Waals surface area (Å²) in [6.07, 6.45) is 5.37. The molecular weight excluding hydrogens is 318 g/mol. The number of carbonyl (C=O) groups excluding carboxylic acids is 2. The second-order valence-corrected chi connectivity index (χ2v) is 7.73. The summed E-state index contributed by atoms with van der Waals surface area (Å²) >= 11 is 1.50. The smallest absolute Gasteiger partial charge is 0.228 e. The second-order valence-electron chi connectivity index (χ2n) is 6.51. The summed E-state index contributed by atoms with van der Waals surface area (Å²) in [5.41, 5.74) is 2.27. The van der Waals surface area contributed by atoms with Crippen molar-refractivity contribution in [2.45, 2.75) is 46.0 Å². The molecule has 1 fully saturated rings. The Hall–Kier alpha value is -1.94. The van der Waals surface area contributed by atoms with Gasteiger partial charge in [0.1, 0.15) is 5.00 Å². The van der Waals surface area contributed by atoms with Crippen LogP contribution in [0.3, 0.4) is 0 Å². The van der Waals surface area contributed by atoms with Crippen LogP contribution in [0.4, 0.5) is 5.00 Å². The highest BCUT2D eigenvalue weighted by Crippen LogP contribution is 2.35. The van der Waals surface area contributed by atoms with Gasteiger partial charge >= 0.3 is 0 Å². The first-order valence-corrected chi connectivity index (χ1v) is 9.40. The maximum Gasteiger partial charge on any atom is 0.228 e. The number of amides is 1. The Morgan fingerprint density at radius 2 is 1.71 bits per heavy atom. The average molecular weight is 341 g/mol. The fourth-order valence-corrected chi connectivity index (χ4v) is 4.36. The highest BCUT2D eigenvalue weighted by molar-refractivity contribution is 7.16. The molecule has 24 heavy (non-hydrogen) atoms. The van der Waals surface area contributed by atoms with Crippen LogP contribution in [-0.4, -0.2) is 11.7 Å². The SMILES string of the molecule is Cc1sc(NC(=O)C2CCCCC2)c(C(=O)c2ccccc2)c1C. The maximum absolute atomic E-state index is 12.9. The highest BCUT2D eigenvalue weighted by atomic mass is 32.1. The Bertz CT molecular complexity index is 742. The third-order valence-corrected chi connectivity index (χ3v) is 5.98. The fourth-order valence-electron chi connectivity index (χ4n) is 3.30. The van der Waals surface area contributed by atoms with E-state index in [1.54, 1.807) is 0 Å². The summed E-state index contributed by atoms with van der Waals surface area (Å²) in [7, 11) is 0.